The minimum atomic E-state index is -3.98. The molecule has 6 nitrogen and oxygen atoms in total. The third-order valence-electron chi connectivity index (χ3n) is 5.08. The molecule has 8 heteroatoms. The first-order valence-corrected chi connectivity index (χ1v) is 12.4. The fourth-order valence-corrected chi connectivity index (χ4v) is 4.83. The molecule has 1 atom stereocenters. The summed E-state index contributed by atoms with van der Waals surface area (Å²) in [5, 5.41) is 3.35. The first kappa shape index (κ1) is 24.6. The van der Waals surface area contributed by atoms with E-state index in [1.165, 1.54) is 12.1 Å². The predicted octanol–water partition coefficient (Wildman–Crippen LogP) is 5.12. The first-order valence-electron chi connectivity index (χ1n) is 10.6. The number of amides is 1. The van der Waals surface area contributed by atoms with Crippen LogP contribution in [0.5, 0.6) is 5.75 Å². The van der Waals surface area contributed by atoms with Gasteiger partial charge in [-0.1, -0.05) is 41.4 Å². The highest BCUT2D eigenvalue weighted by atomic mass is 35.5. The zero-order valence-corrected chi connectivity index (χ0v) is 20.4. The largest absolute Gasteiger partial charge is 0.494 e. The van der Waals surface area contributed by atoms with Gasteiger partial charge in [-0.3, -0.25) is 9.10 Å². The molecule has 174 valence electrons. The summed E-state index contributed by atoms with van der Waals surface area (Å²) in [7, 11) is -3.98. The lowest BCUT2D eigenvalue weighted by molar-refractivity contribution is -0.120. The van der Waals surface area contributed by atoms with Crippen molar-refractivity contribution in [1.82, 2.24) is 5.32 Å². The van der Waals surface area contributed by atoms with Crippen molar-refractivity contribution < 1.29 is 17.9 Å². The molecule has 1 amide bonds. The third kappa shape index (κ3) is 6.27. The van der Waals surface area contributed by atoms with Crippen molar-refractivity contribution in [2.24, 2.45) is 0 Å². The van der Waals surface area contributed by atoms with Crippen LogP contribution in [0.15, 0.2) is 77.7 Å². The van der Waals surface area contributed by atoms with Gasteiger partial charge in [0.15, 0.2) is 0 Å². The molecule has 0 spiro atoms. The van der Waals surface area contributed by atoms with Crippen molar-refractivity contribution >= 4 is 33.2 Å². The van der Waals surface area contributed by atoms with E-state index in [9.17, 15) is 13.2 Å². The number of carbonyl (C=O) groups excluding carboxylic acids is 1. The monoisotopic (exact) mass is 486 g/mol. The average molecular weight is 487 g/mol. The first-order chi connectivity index (χ1) is 15.7. The summed E-state index contributed by atoms with van der Waals surface area (Å²) in [5.41, 5.74) is 2.17. The van der Waals surface area contributed by atoms with Crippen LogP contribution in [0.1, 0.15) is 31.0 Å². The number of aryl methyl sites for hydroxylation is 1. The lowest BCUT2D eigenvalue weighted by Crippen LogP contribution is -2.41. The fourth-order valence-electron chi connectivity index (χ4n) is 3.28. The molecule has 3 aromatic carbocycles. The molecule has 0 heterocycles. The van der Waals surface area contributed by atoms with Crippen LogP contribution in [0, 0.1) is 6.92 Å². The third-order valence-corrected chi connectivity index (χ3v) is 7.12. The number of rotatable bonds is 9. The topological polar surface area (TPSA) is 75.7 Å². The zero-order chi connectivity index (χ0) is 24.0. The van der Waals surface area contributed by atoms with Crippen molar-refractivity contribution in [3.63, 3.8) is 0 Å². The molecule has 3 rings (SSSR count). The van der Waals surface area contributed by atoms with Crippen molar-refractivity contribution in [3.05, 3.63) is 88.9 Å². The lowest BCUT2D eigenvalue weighted by Gasteiger charge is -2.25. The molecule has 0 aliphatic heterocycles. The minimum absolute atomic E-state index is 0.107. The van der Waals surface area contributed by atoms with Crippen molar-refractivity contribution in [1.29, 1.82) is 0 Å². The highest BCUT2D eigenvalue weighted by molar-refractivity contribution is 7.92. The Labute approximate surface area is 200 Å². The summed E-state index contributed by atoms with van der Waals surface area (Å²) < 4.78 is 33.4. The molecular formula is C25H27ClN2O4S. The number of benzene rings is 3. The fraction of sp³-hybridized carbons (Fsp3) is 0.240. The summed E-state index contributed by atoms with van der Waals surface area (Å²) in [6.45, 7) is 5.83. The Hall–Kier alpha value is -3.03. The maximum Gasteiger partial charge on any atom is 0.264 e. The van der Waals surface area contributed by atoms with E-state index in [-0.39, 0.29) is 17.5 Å². The van der Waals surface area contributed by atoms with Crippen LogP contribution in [0.2, 0.25) is 5.02 Å². The smallest absolute Gasteiger partial charge is 0.264 e. The standard InChI is InChI=1S/C25H27ClN2O4S/c1-4-32-23-13-7-20(8-14-23)19(3)27-25(29)17-28(22-11-9-21(26)10-12-22)33(30,31)24-15-5-18(2)6-16-24/h5-16,19H,4,17H2,1-3H3,(H,27,29)/t19-/m1/s1. The molecule has 0 aliphatic rings. The van der Waals surface area contributed by atoms with Crippen LogP contribution in [0.25, 0.3) is 0 Å². The van der Waals surface area contributed by atoms with Crippen molar-refractivity contribution in [2.75, 3.05) is 17.5 Å². The van der Waals surface area contributed by atoms with Gasteiger partial charge in [0.1, 0.15) is 12.3 Å². The van der Waals surface area contributed by atoms with Crippen LogP contribution in [-0.2, 0) is 14.8 Å². The van der Waals surface area contributed by atoms with Gasteiger partial charge in [-0.2, -0.15) is 0 Å². The van der Waals surface area contributed by atoms with E-state index in [1.807, 2.05) is 45.0 Å². The average Bonchev–Trinajstić information content (AvgIpc) is 2.79. The molecule has 0 saturated heterocycles. The van der Waals surface area contributed by atoms with E-state index in [4.69, 9.17) is 16.3 Å². The molecule has 0 saturated carbocycles. The van der Waals surface area contributed by atoms with E-state index in [2.05, 4.69) is 5.32 Å². The second kappa shape index (κ2) is 10.7. The summed E-state index contributed by atoms with van der Waals surface area (Å²) in [5.74, 6) is 0.319. The molecule has 0 radical (unpaired) electrons. The molecule has 0 fully saturated rings. The lowest BCUT2D eigenvalue weighted by atomic mass is 10.1. The van der Waals surface area contributed by atoms with Gasteiger partial charge in [0.05, 0.1) is 23.2 Å². The van der Waals surface area contributed by atoms with Crippen molar-refractivity contribution in [2.45, 2.75) is 31.7 Å². The molecule has 33 heavy (non-hydrogen) atoms. The number of ether oxygens (including phenoxy) is 1. The minimum Gasteiger partial charge on any atom is -0.494 e. The molecular weight excluding hydrogens is 460 g/mol. The van der Waals surface area contributed by atoms with Gasteiger partial charge in [0, 0.05) is 5.02 Å². The molecule has 0 aromatic heterocycles. The Balaban J connectivity index is 1.83. The number of nitrogens with zero attached hydrogens (tertiary/aromatic N) is 1. The molecule has 0 aliphatic carbocycles. The Morgan fingerprint density at radius 2 is 1.61 bits per heavy atom. The number of carbonyl (C=O) groups is 1. The van der Waals surface area contributed by atoms with Crippen LogP contribution in [0.4, 0.5) is 5.69 Å². The summed E-state index contributed by atoms with van der Waals surface area (Å²) in [6, 6.07) is 20.0. The SMILES string of the molecule is CCOc1ccc([C@@H](C)NC(=O)CN(c2ccc(Cl)cc2)S(=O)(=O)c2ccc(C)cc2)cc1. The summed E-state index contributed by atoms with van der Waals surface area (Å²) >= 11 is 5.98. The zero-order valence-electron chi connectivity index (χ0n) is 18.8. The van der Waals surface area contributed by atoms with Gasteiger partial charge in [-0.25, -0.2) is 8.42 Å². The van der Waals surface area contributed by atoms with Gasteiger partial charge in [-0.15, -0.1) is 0 Å². The Morgan fingerprint density at radius 3 is 2.18 bits per heavy atom. The molecule has 3 aromatic rings. The predicted molar refractivity (Wildman–Crippen MR) is 131 cm³/mol. The Morgan fingerprint density at radius 1 is 1.00 bits per heavy atom. The number of anilines is 1. The maximum absolute atomic E-state index is 13.4. The van der Waals surface area contributed by atoms with E-state index < -0.39 is 15.9 Å². The van der Waals surface area contributed by atoms with Gasteiger partial charge in [0.25, 0.3) is 10.0 Å². The second-order valence-corrected chi connectivity index (χ2v) is 9.89. The van der Waals surface area contributed by atoms with Gasteiger partial charge < -0.3 is 10.1 Å². The summed E-state index contributed by atoms with van der Waals surface area (Å²) in [6.07, 6.45) is 0. The molecule has 0 unspecified atom stereocenters. The van der Waals surface area contributed by atoms with E-state index in [1.54, 1.807) is 36.4 Å². The van der Waals surface area contributed by atoms with Gasteiger partial charge in [0.2, 0.25) is 5.91 Å². The number of hydrogen-bond donors (Lipinski definition) is 1. The highest BCUT2D eigenvalue weighted by Gasteiger charge is 2.27. The Kier molecular flexibility index (Phi) is 8.00. The number of nitrogens with one attached hydrogen (secondary N) is 1. The maximum atomic E-state index is 13.4. The molecule has 0 bridgehead atoms. The second-order valence-electron chi connectivity index (χ2n) is 7.59. The van der Waals surface area contributed by atoms with Crippen LogP contribution in [0.3, 0.4) is 0 Å². The van der Waals surface area contributed by atoms with Crippen LogP contribution in [-0.4, -0.2) is 27.5 Å². The highest BCUT2D eigenvalue weighted by Crippen LogP contribution is 2.26. The summed E-state index contributed by atoms with van der Waals surface area (Å²) in [4.78, 5) is 13.0. The van der Waals surface area contributed by atoms with Crippen molar-refractivity contribution in [3.8, 4) is 5.75 Å². The Bertz CT molecular complexity index is 1180. The van der Waals surface area contributed by atoms with Crippen LogP contribution >= 0.6 is 11.6 Å². The number of hydrogen-bond acceptors (Lipinski definition) is 4. The van der Waals surface area contributed by atoms with E-state index >= 15 is 0 Å². The quantitative estimate of drug-likeness (QED) is 0.455. The molecule has 1 N–H and O–H groups in total. The number of sulfonamides is 1. The number of halogens is 1. The van der Waals surface area contributed by atoms with E-state index in [0.29, 0.717) is 17.3 Å². The van der Waals surface area contributed by atoms with E-state index in [0.717, 1.165) is 21.2 Å². The normalized spacial score (nSPS) is 12.1. The van der Waals surface area contributed by atoms with Gasteiger partial charge in [-0.05, 0) is 74.9 Å². The van der Waals surface area contributed by atoms with Crippen LogP contribution < -0.4 is 14.4 Å². The van der Waals surface area contributed by atoms with Gasteiger partial charge >= 0.3 is 0 Å².